The molecule has 3 N–H and O–H groups in total. The maximum absolute atomic E-state index is 11.3. The number of nitrogens with zero attached hydrogens (tertiary/aromatic N) is 1. The van der Waals surface area contributed by atoms with E-state index in [-0.39, 0.29) is 17.4 Å². The molecule has 0 aromatic heterocycles. The van der Waals surface area contributed by atoms with Crippen molar-refractivity contribution in [2.75, 3.05) is 18.0 Å². The molecular formula is C13H15ClN2O3. The molecule has 1 aromatic carbocycles. The summed E-state index contributed by atoms with van der Waals surface area (Å²) in [5.41, 5.74) is 6.06. The lowest BCUT2D eigenvalue weighted by atomic mass is 9.96. The lowest BCUT2D eigenvalue weighted by Crippen LogP contribution is -2.41. The van der Waals surface area contributed by atoms with E-state index in [9.17, 15) is 14.7 Å². The van der Waals surface area contributed by atoms with Gasteiger partial charge in [-0.15, -0.1) is 0 Å². The molecule has 1 unspecified atom stereocenters. The first kappa shape index (κ1) is 13.7. The molecular weight excluding hydrogens is 268 g/mol. The van der Waals surface area contributed by atoms with Gasteiger partial charge in [0.2, 0.25) is 5.91 Å². The minimum atomic E-state index is -1.03. The Bertz CT molecular complexity index is 519. The topological polar surface area (TPSA) is 83.6 Å². The molecule has 1 saturated heterocycles. The van der Waals surface area contributed by atoms with Crippen LogP contribution in [0.1, 0.15) is 23.2 Å². The van der Waals surface area contributed by atoms with E-state index in [1.807, 2.05) is 4.90 Å². The first-order valence-corrected chi connectivity index (χ1v) is 6.44. The molecule has 5 nitrogen and oxygen atoms in total. The predicted molar refractivity (Wildman–Crippen MR) is 72.5 cm³/mol. The molecule has 0 saturated carbocycles. The largest absolute Gasteiger partial charge is 0.478 e. The number of primary amides is 1. The Morgan fingerprint density at radius 2 is 2.16 bits per heavy atom. The molecule has 1 heterocycles. The molecule has 6 heteroatoms. The monoisotopic (exact) mass is 282 g/mol. The van der Waals surface area contributed by atoms with Crippen molar-refractivity contribution in [3.8, 4) is 0 Å². The normalized spacial score (nSPS) is 19.2. The van der Waals surface area contributed by atoms with Crippen LogP contribution in [0.2, 0.25) is 5.02 Å². The number of carboxylic acid groups (broad SMARTS) is 1. The number of hydrogen-bond acceptors (Lipinski definition) is 3. The van der Waals surface area contributed by atoms with E-state index in [1.165, 1.54) is 6.07 Å². The zero-order valence-electron chi connectivity index (χ0n) is 10.3. The highest BCUT2D eigenvalue weighted by atomic mass is 35.5. The number of halogens is 1. The maximum Gasteiger partial charge on any atom is 0.337 e. The van der Waals surface area contributed by atoms with E-state index in [0.29, 0.717) is 23.8 Å². The molecule has 0 radical (unpaired) electrons. The van der Waals surface area contributed by atoms with Crippen molar-refractivity contribution in [3.05, 3.63) is 28.8 Å². The molecule has 19 heavy (non-hydrogen) atoms. The van der Waals surface area contributed by atoms with Crippen LogP contribution < -0.4 is 10.6 Å². The van der Waals surface area contributed by atoms with Crippen LogP contribution >= 0.6 is 11.6 Å². The molecule has 1 atom stereocenters. The van der Waals surface area contributed by atoms with Crippen molar-refractivity contribution in [3.63, 3.8) is 0 Å². The summed E-state index contributed by atoms with van der Waals surface area (Å²) >= 11 is 5.82. The fraction of sp³-hybridized carbons (Fsp3) is 0.385. The summed E-state index contributed by atoms with van der Waals surface area (Å²) in [7, 11) is 0. The molecule has 1 aliphatic heterocycles. The number of nitrogens with two attached hydrogens (primary N) is 1. The maximum atomic E-state index is 11.3. The summed E-state index contributed by atoms with van der Waals surface area (Å²) in [6.45, 7) is 1.17. The van der Waals surface area contributed by atoms with Crippen molar-refractivity contribution in [2.45, 2.75) is 12.8 Å². The minimum Gasteiger partial charge on any atom is -0.478 e. The fourth-order valence-corrected chi connectivity index (χ4v) is 2.56. The molecule has 2 rings (SSSR count). The molecule has 1 amide bonds. The first-order chi connectivity index (χ1) is 8.99. The van der Waals surface area contributed by atoms with Crippen molar-refractivity contribution >= 4 is 29.2 Å². The summed E-state index contributed by atoms with van der Waals surface area (Å²) in [5.74, 6) is -1.60. The number of hydrogen-bond donors (Lipinski definition) is 2. The number of aromatic carboxylic acids is 1. The second kappa shape index (κ2) is 5.48. The van der Waals surface area contributed by atoms with Crippen LogP contribution in [0.4, 0.5) is 5.69 Å². The van der Waals surface area contributed by atoms with Gasteiger partial charge < -0.3 is 15.7 Å². The van der Waals surface area contributed by atoms with Gasteiger partial charge in [-0.05, 0) is 31.0 Å². The van der Waals surface area contributed by atoms with Gasteiger partial charge in [0.15, 0.2) is 0 Å². The summed E-state index contributed by atoms with van der Waals surface area (Å²) < 4.78 is 0. The Balaban J connectivity index is 2.30. The Kier molecular flexibility index (Phi) is 3.95. The Labute approximate surface area is 116 Å². The number of carboxylic acids is 1. The van der Waals surface area contributed by atoms with Gasteiger partial charge in [-0.1, -0.05) is 11.6 Å². The van der Waals surface area contributed by atoms with E-state index < -0.39 is 5.97 Å². The number of amides is 1. The van der Waals surface area contributed by atoms with Gasteiger partial charge in [-0.2, -0.15) is 0 Å². The number of benzene rings is 1. The van der Waals surface area contributed by atoms with Gasteiger partial charge >= 0.3 is 5.97 Å². The second-order valence-corrected chi connectivity index (χ2v) is 5.09. The standard InChI is InChI=1S/C13H15ClN2O3/c14-9-3-4-11(10(6-9)13(18)19)16-5-1-2-8(7-16)12(15)17/h3-4,6,8H,1-2,5,7H2,(H2,15,17)(H,18,19). The summed E-state index contributed by atoms with van der Waals surface area (Å²) in [6.07, 6.45) is 1.57. The van der Waals surface area contributed by atoms with E-state index in [2.05, 4.69) is 0 Å². The average molecular weight is 283 g/mol. The smallest absolute Gasteiger partial charge is 0.337 e. The Morgan fingerprint density at radius 1 is 1.42 bits per heavy atom. The highest BCUT2D eigenvalue weighted by Crippen LogP contribution is 2.28. The SMILES string of the molecule is NC(=O)C1CCCN(c2ccc(Cl)cc2C(=O)O)C1. The van der Waals surface area contributed by atoms with Crippen LogP contribution in [-0.4, -0.2) is 30.1 Å². The van der Waals surface area contributed by atoms with Crippen molar-refractivity contribution in [1.82, 2.24) is 0 Å². The van der Waals surface area contributed by atoms with Crippen LogP contribution in [0.25, 0.3) is 0 Å². The molecule has 1 aliphatic rings. The summed E-state index contributed by atoms with van der Waals surface area (Å²) in [6, 6.07) is 4.75. The number of rotatable bonds is 3. The summed E-state index contributed by atoms with van der Waals surface area (Å²) in [4.78, 5) is 24.4. The number of piperidine rings is 1. The average Bonchev–Trinajstić information content (AvgIpc) is 2.38. The minimum absolute atomic E-state index is 0.151. The lowest BCUT2D eigenvalue weighted by Gasteiger charge is -2.33. The zero-order valence-corrected chi connectivity index (χ0v) is 11.1. The second-order valence-electron chi connectivity index (χ2n) is 4.65. The lowest BCUT2D eigenvalue weighted by molar-refractivity contribution is -0.122. The predicted octanol–water partition coefficient (Wildman–Crippen LogP) is 1.74. The number of carbonyl (C=O) groups excluding carboxylic acids is 1. The molecule has 0 spiro atoms. The molecule has 0 bridgehead atoms. The van der Waals surface area contributed by atoms with Gasteiger partial charge in [0.25, 0.3) is 0 Å². The fourth-order valence-electron chi connectivity index (χ4n) is 2.38. The van der Waals surface area contributed by atoms with Crippen LogP contribution in [0.15, 0.2) is 18.2 Å². The van der Waals surface area contributed by atoms with Crippen LogP contribution in [0.5, 0.6) is 0 Å². The number of anilines is 1. The Morgan fingerprint density at radius 3 is 2.79 bits per heavy atom. The van der Waals surface area contributed by atoms with Crippen molar-refractivity contribution < 1.29 is 14.7 Å². The van der Waals surface area contributed by atoms with Crippen LogP contribution in [-0.2, 0) is 4.79 Å². The number of carbonyl (C=O) groups is 2. The first-order valence-electron chi connectivity index (χ1n) is 6.06. The molecule has 0 aliphatic carbocycles. The summed E-state index contributed by atoms with van der Waals surface area (Å²) in [5, 5.41) is 9.60. The third-order valence-corrected chi connectivity index (χ3v) is 3.59. The van der Waals surface area contributed by atoms with E-state index in [1.54, 1.807) is 12.1 Å². The molecule has 1 fully saturated rings. The van der Waals surface area contributed by atoms with Gasteiger partial charge in [0.05, 0.1) is 17.2 Å². The molecule has 1 aromatic rings. The van der Waals surface area contributed by atoms with Crippen molar-refractivity contribution in [1.29, 1.82) is 0 Å². The zero-order chi connectivity index (χ0) is 14.0. The highest BCUT2D eigenvalue weighted by Gasteiger charge is 2.26. The third kappa shape index (κ3) is 2.98. The van der Waals surface area contributed by atoms with Crippen LogP contribution in [0.3, 0.4) is 0 Å². The van der Waals surface area contributed by atoms with E-state index >= 15 is 0 Å². The Hall–Kier alpha value is -1.75. The van der Waals surface area contributed by atoms with E-state index in [4.69, 9.17) is 17.3 Å². The van der Waals surface area contributed by atoms with Gasteiger partial charge in [0.1, 0.15) is 0 Å². The van der Waals surface area contributed by atoms with Gasteiger partial charge in [0, 0.05) is 18.1 Å². The van der Waals surface area contributed by atoms with E-state index in [0.717, 1.165) is 12.8 Å². The van der Waals surface area contributed by atoms with Crippen molar-refractivity contribution in [2.24, 2.45) is 11.7 Å². The highest BCUT2D eigenvalue weighted by molar-refractivity contribution is 6.31. The quantitative estimate of drug-likeness (QED) is 0.884. The van der Waals surface area contributed by atoms with Crippen LogP contribution in [0, 0.1) is 5.92 Å². The molecule has 102 valence electrons. The third-order valence-electron chi connectivity index (χ3n) is 3.35. The van der Waals surface area contributed by atoms with Gasteiger partial charge in [-0.25, -0.2) is 4.79 Å². The van der Waals surface area contributed by atoms with Gasteiger partial charge in [-0.3, -0.25) is 4.79 Å².